The van der Waals surface area contributed by atoms with Crippen LogP contribution in [0.3, 0.4) is 0 Å². The summed E-state index contributed by atoms with van der Waals surface area (Å²) in [6.07, 6.45) is 4.49. The van der Waals surface area contributed by atoms with Crippen LogP contribution in [-0.4, -0.2) is 42.1 Å². The third kappa shape index (κ3) is 3.48. The van der Waals surface area contributed by atoms with Gasteiger partial charge in [-0.3, -0.25) is 4.79 Å². The van der Waals surface area contributed by atoms with E-state index in [-0.39, 0.29) is 17.8 Å². The van der Waals surface area contributed by atoms with Crippen molar-refractivity contribution in [1.29, 1.82) is 0 Å². The van der Waals surface area contributed by atoms with Gasteiger partial charge in [0.05, 0.1) is 19.0 Å². The second-order valence-electron chi connectivity index (χ2n) is 7.43. The number of ketones is 1. The Balaban J connectivity index is 1.41. The number of pyridine rings is 2. The van der Waals surface area contributed by atoms with E-state index in [1.165, 1.54) is 0 Å². The van der Waals surface area contributed by atoms with Crippen molar-refractivity contribution >= 4 is 11.6 Å². The first-order chi connectivity index (χ1) is 13.0. The van der Waals surface area contributed by atoms with Gasteiger partial charge in [-0.05, 0) is 24.6 Å². The van der Waals surface area contributed by atoms with E-state index in [0.717, 1.165) is 60.7 Å². The average Bonchev–Trinajstić information content (AvgIpc) is 2.96. The predicted octanol–water partition coefficient (Wildman–Crippen LogP) is 3.22. The second kappa shape index (κ2) is 7.18. The van der Waals surface area contributed by atoms with E-state index < -0.39 is 0 Å². The Morgan fingerprint density at radius 1 is 1.22 bits per heavy atom. The minimum Gasteiger partial charge on any atom is -0.489 e. The summed E-state index contributed by atoms with van der Waals surface area (Å²) in [6.45, 7) is 5.81. The van der Waals surface area contributed by atoms with Crippen LogP contribution < -0.4 is 14.4 Å². The molecule has 142 valence electrons. The first kappa shape index (κ1) is 17.8. The van der Waals surface area contributed by atoms with E-state index in [1.807, 2.05) is 32.0 Å². The van der Waals surface area contributed by atoms with Crippen LogP contribution in [0.2, 0.25) is 0 Å². The Morgan fingerprint density at radius 3 is 2.67 bits per heavy atom. The molecule has 1 aliphatic heterocycles. The summed E-state index contributed by atoms with van der Waals surface area (Å²) in [5.41, 5.74) is 2.85. The van der Waals surface area contributed by atoms with Crippen LogP contribution in [-0.2, 0) is 6.42 Å². The molecule has 0 amide bonds. The van der Waals surface area contributed by atoms with Gasteiger partial charge in [0.25, 0.3) is 0 Å². The molecular weight excluding hydrogens is 342 g/mol. The molecule has 0 aromatic carbocycles. The summed E-state index contributed by atoms with van der Waals surface area (Å²) in [4.78, 5) is 23.6. The molecule has 27 heavy (non-hydrogen) atoms. The summed E-state index contributed by atoms with van der Waals surface area (Å²) in [6, 6.07) is 5.72. The molecule has 0 N–H and O–H groups in total. The van der Waals surface area contributed by atoms with Crippen molar-refractivity contribution in [3.63, 3.8) is 0 Å². The number of fused-ring (bicyclic) bond motifs is 1. The number of hydrogen-bond acceptors (Lipinski definition) is 6. The van der Waals surface area contributed by atoms with Gasteiger partial charge in [0.1, 0.15) is 17.7 Å². The van der Waals surface area contributed by atoms with E-state index in [0.29, 0.717) is 5.88 Å². The molecule has 2 aromatic rings. The van der Waals surface area contributed by atoms with Gasteiger partial charge in [-0.15, -0.1) is 0 Å². The largest absolute Gasteiger partial charge is 0.489 e. The fraction of sp³-hybridized carbons (Fsp3) is 0.476. The first-order valence-electron chi connectivity index (χ1n) is 9.51. The van der Waals surface area contributed by atoms with Crippen LogP contribution in [0.15, 0.2) is 24.4 Å². The van der Waals surface area contributed by atoms with Gasteiger partial charge >= 0.3 is 0 Å². The molecule has 0 radical (unpaired) electrons. The number of nitrogens with zero attached hydrogens (tertiary/aromatic N) is 3. The Labute approximate surface area is 159 Å². The topological polar surface area (TPSA) is 64.6 Å². The Kier molecular flexibility index (Phi) is 4.72. The molecule has 2 aliphatic rings. The molecule has 0 saturated carbocycles. The molecule has 2 aromatic heterocycles. The van der Waals surface area contributed by atoms with Crippen molar-refractivity contribution in [2.24, 2.45) is 5.92 Å². The number of carbonyl (C=O) groups excluding carboxylic acids is 1. The molecule has 0 bridgehead atoms. The van der Waals surface area contributed by atoms with Gasteiger partial charge in [0, 0.05) is 49.9 Å². The number of anilines is 1. The van der Waals surface area contributed by atoms with E-state index in [1.54, 1.807) is 13.3 Å². The lowest BCUT2D eigenvalue weighted by Gasteiger charge is -2.34. The molecule has 6 heteroatoms. The quantitative estimate of drug-likeness (QED) is 0.827. The number of piperidine rings is 1. The van der Waals surface area contributed by atoms with Crippen molar-refractivity contribution in [3.05, 3.63) is 41.2 Å². The lowest BCUT2D eigenvalue weighted by atomic mass is 10.1. The number of methoxy groups -OCH3 is 1. The van der Waals surface area contributed by atoms with Crippen LogP contribution in [0.4, 0.5) is 5.82 Å². The number of Topliss-reactive ketones (excluding diaryl/α,β-unsaturated/α-hetero) is 1. The molecule has 6 nitrogen and oxygen atoms in total. The second-order valence-corrected chi connectivity index (χ2v) is 7.43. The van der Waals surface area contributed by atoms with Gasteiger partial charge < -0.3 is 14.4 Å². The standard InChI is InChI=1S/C21H25N3O3/c1-13-11-18-17(20(13)25)10-14(2)21(23-18)24-8-6-15(7-9-24)27-16-4-5-19(26-3)22-12-16/h4-5,10,12-13,15H,6-9,11H2,1-3H3. The Bertz CT molecular complexity index is 842. The highest BCUT2D eigenvalue weighted by atomic mass is 16.5. The molecular formula is C21H25N3O3. The number of carbonyl (C=O) groups is 1. The SMILES string of the molecule is COc1ccc(OC2CCN(c3nc4c(cc3C)C(=O)C(C)C4)CC2)cn1. The van der Waals surface area contributed by atoms with E-state index >= 15 is 0 Å². The lowest BCUT2D eigenvalue weighted by Crippen LogP contribution is -2.39. The van der Waals surface area contributed by atoms with Gasteiger partial charge in [-0.2, -0.15) is 0 Å². The van der Waals surface area contributed by atoms with E-state index in [2.05, 4.69) is 9.88 Å². The minimum absolute atomic E-state index is 0.0550. The third-order valence-electron chi connectivity index (χ3n) is 5.44. The van der Waals surface area contributed by atoms with Crippen molar-refractivity contribution < 1.29 is 14.3 Å². The van der Waals surface area contributed by atoms with Crippen LogP contribution in [0.25, 0.3) is 0 Å². The zero-order valence-electron chi connectivity index (χ0n) is 16.1. The third-order valence-corrected chi connectivity index (χ3v) is 5.44. The first-order valence-corrected chi connectivity index (χ1v) is 9.51. The summed E-state index contributed by atoms with van der Waals surface area (Å²) in [5.74, 6) is 2.66. The summed E-state index contributed by atoms with van der Waals surface area (Å²) in [5, 5.41) is 0. The van der Waals surface area contributed by atoms with Crippen molar-refractivity contribution in [1.82, 2.24) is 9.97 Å². The van der Waals surface area contributed by atoms with Crippen LogP contribution in [0.5, 0.6) is 11.6 Å². The Hall–Kier alpha value is -2.63. The molecule has 4 rings (SSSR count). The normalized spacial score (nSPS) is 19.9. The van der Waals surface area contributed by atoms with Crippen LogP contribution in [0, 0.1) is 12.8 Å². The average molecular weight is 367 g/mol. The molecule has 0 spiro atoms. The molecule has 1 fully saturated rings. The highest BCUT2D eigenvalue weighted by Gasteiger charge is 2.30. The van der Waals surface area contributed by atoms with Crippen LogP contribution in [0.1, 0.15) is 41.4 Å². The fourth-order valence-electron chi connectivity index (χ4n) is 3.91. The number of rotatable bonds is 4. The zero-order chi connectivity index (χ0) is 19.0. The minimum atomic E-state index is 0.0550. The molecule has 1 atom stereocenters. The van der Waals surface area contributed by atoms with Gasteiger partial charge in [0.15, 0.2) is 5.78 Å². The van der Waals surface area contributed by atoms with E-state index in [9.17, 15) is 4.79 Å². The number of hydrogen-bond donors (Lipinski definition) is 0. The molecule has 1 saturated heterocycles. The summed E-state index contributed by atoms with van der Waals surface area (Å²) < 4.78 is 11.1. The zero-order valence-corrected chi connectivity index (χ0v) is 16.1. The number of aryl methyl sites for hydroxylation is 1. The molecule has 3 heterocycles. The number of aromatic nitrogens is 2. The van der Waals surface area contributed by atoms with Crippen molar-refractivity contribution in [2.45, 2.75) is 39.2 Å². The maximum absolute atomic E-state index is 12.2. The Morgan fingerprint density at radius 2 is 2.00 bits per heavy atom. The highest BCUT2D eigenvalue weighted by Crippen LogP contribution is 2.31. The summed E-state index contributed by atoms with van der Waals surface area (Å²) in [7, 11) is 1.60. The summed E-state index contributed by atoms with van der Waals surface area (Å²) >= 11 is 0. The molecule has 1 unspecified atom stereocenters. The van der Waals surface area contributed by atoms with Gasteiger partial charge in [-0.25, -0.2) is 9.97 Å². The van der Waals surface area contributed by atoms with Gasteiger partial charge in [-0.1, -0.05) is 6.92 Å². The van der Waals surface area contributed by atoms with Crippen molar-refractivity contribution in [2.75, 3.05) is 25.1 Å². The van der Waals surface area contributed by atoms with E-state index in [4.69, 9.17) is 14.5 Å². The maximum atomic E-state index is 12.2. The van der Waals surface area contributed by atoms with Crippen molar-refractivity contribution in [3.8, 4) is 11.6 Å². The smallest absolute Gasteiger partial charge is 0.213 e. The van der Waals surface area contributed by atoms with Crippen LogP contribution >= 0.6 is 0 Å². The lowest BCUT2D eigenvalue weighted by molar-refractivity contribution is 0.0946. The molecule has 1 aliphatic carbocycles. The monoisotopic (exact) mass is 367 g/mol. The fourth-order valence-corrected chi connectivity index (χ4v) is 3.91. The highest BCUT2D eigenvalue weighted by molar-refractivity contribution is 6.01. The maximum Gasteiger partial charge on any atom is 0.213 e. The van der Waals surface area contributed by atoms with Gasteiger partial charge in [0.2, 0.25) is 5.88 Å². The predicted molar refractivity (Wildman–Crippen MR) is 103 cm³/mol. The number of ether oxygens (including phenoxy) is 2.